The first-order chi connectivity index (χ1) is 6.88. The molecule has 0 N–H and O–H groups in total. The largest absolute Gasteiger partial charge is 0.256 e. The van der Waals surface area contributed by atoms with E-state index in [2.05, 4.69) is 22.7 Å². The summed E-state index contributed by atoms with van der Waals surface area (Å²) in [5, 5.41) is 0. The minimum absolute atomic E-state index is 0.846. The number of aromatic nitrogens is 2. The van der Waals surface area contributed by atoms with Crippen molar-refractivity contribution < 1.29 is 0 Å². The van der Waals surface area contributed by atoms with Crippen LogP contribution < -0.4 is 0 Å². The van der Waals surface area contributed by atoms with Crippen molar-refractivity contribution >= 4 is 5.57 Å². The molecule has 0 amide bonds. The highest BCUT2D eigenvalue weighted by Crippen LogP contribution is 2.17. The number of hydrogen-bond acceptors (Lipinski definition) is 2. The van der Waals surface area contributed by atoms with Crippen molar-refractivity contribution in [3.63, 3.8) is 0 Å². The zero-order valence-electron chi connectivity index (χ0n) is 7.64. The number of pyridine rings is 2. The van der Waals surface area contributed by atoms with Crippen LogP contribution in [0, 0.1) is 6.20 Å². The summed E-state index contributed by atoms with van der Waals surface area (Å²) in [6.07, 6.45) is 6.31. The van der Waals surface area contributed by atoms with Crippen LogP contribution in [0.3, 0.4) is 0 Å². The fourth-order valence-electron chi connectivity index (χ4n) is 1.17. The smallest absolute Gasteiger partial charge is 0.0971 e. The molecule has 2 rings (SSSR count). The van der Waals surface area contributed by atoms with Gasteiger partial charge in [0, 0.05) is 23.5 Å². The predicted molar refractivity (Wildman–Crippen MR) is 55.4 cm³/mol. The van der Waals surface area contributed by atoms with Gasteiger partial charge in [0.2, 0.25) is 0 Å². The maximum atomic E-state index is 4.21. The third-order valence-electron chi connectivity index (χ3n) is 1.91. The molecule has 0 atom stereocenters. The normalized spacial score (nSPS) is 9.71. The monoisotopic (exact) mass is 181 g/mol. The molecular weight excluding hydrogens is 172 g/mol. The van der Waals surface area contributed by atoms with Crippen LogP contribution >= 0.6 is 0 Å². The van der Waals surface area contributed by atoms with E-state index in [0.29, 0.717) is 0 Å². The SMILES string of the molecule is C=C(c1[c]nccc1)c1ccccn1. The topological polar surface area (TPSA) is 25.8 Å². The Morgan fingerprint density at radius 2 is 2.07 bits per heavy atom. The van der Waals surface area contributed by atoms with Gasteiger partial charge in [-0.3, -0.25) is 9.97 Å². The highest BCUT2D eigenvalue weighted by Gasteiger charge is 2.02. The Morgan fingerprint density at radius 3 is 2.71 bits per heavy atom. The minimum atomic E-state index is 0.846. The van der Waals surface area contributed by atoms with Crippen molar-refractivity contribution in [1.82, 2.24) is 9.97 Å². The molecule has 1 radical (unpaired) electrons. The predicted octanol–water partition coefficient (Wildman–Crippen LogP) is 2.34. The zero-order valence-corrected chi connectivity index (χ0v) is 7.64. The lowest BCUT2D eigenvalue weighted by Crippen LogP contribution is -1.89. The van der Waals surface area contributed by atoms with Crippen LogP contribution in [0.5, 0.6) is 0 Å². The van der Waals surface area contributed by atoms with Crippen LogP contribution in [-0.2, 0) is 0 Å². The Bertz CT molecular complexity index is 379. The molecule has 2 aromatic heterocycles. The van der Waals surface area contributed by atoms with Gasteiger partial charge in [-0.1, -0.05) is 18.7 Å². The molecule has 0 aliphatic rings. The maximum absolute atomic E-state index is 4.21. The van der Waals surface area contributed by atoms with Crippen molar-refractivity contribution in [2.75, 3.05) is 0 Å². The number of nitrogens with zero attached hydrogens (tertiary/aromatic N) is 2. The first-order valence-corrected chi connectivity index (χ1v) is 4.31. The molecule has 2 aromatic rings. The molecule has 2 heterocycles. The molecule has 0 aliphatic carbocycles. The van der Waals surface area contributed by atoms with Gasteiger partial charge in [-0.15, -0.1) is 0 Å². The second-order valence-corrected chi connectivity index (χ2v) is 2.86. The number of rotatable bonds is 2. The van der Waals surface area contributed by atoms with Crippen molar-refractivity contribution in [2.45, 2.75) is 0 Å². The molecule has 0 saturated carbocycles. The average molecular weight is 181 g/mol. The lowest BCUT2D eigenvalue weighted by Gasteiger charge is -2.02. The van der Waals surface area contributed by atoms with Crippen molar-refractivity contribution in [1.29, 1.82) is 0 Å². The molecule has 67 valence electrons. The molecule has 0 saturated heterocycles. The molecule has 2 heteroatoms. The van der Waals surface area contributed by atoms with Crippen LogP contribution in [0.4, 0.5) is 0 Å². The third kappa shape index (κ3) is 1.69. The van der Waals surface area contributed by atoms with E-state index in [9.17, 15) is 0 Å². The van der Waals surface area contributed by atoms with E-state index in [4.69, 9.17) is 0 Å². The Labute approximate surface area is 83.0 Å². The van der Waals surface area contributed by atoms with Crippen LogP contribution in [-0.4, -0.2) is 9.97 Å². The van der Waals surface area contributed by atoms with E-state index < -0.39 is 0 Å². The van der Waals surface area contributed by atoms with Gasteiger partial charge in [0.25, 0.3) is 0 Å². The molecule has 0 unspecified atom stereocenters. The van der Waals surface area contributed by atoms with Gasteiger partial charge in [-0.2, -0.15) is 0 Å². The van der Waals surface area contributed by atoms with Gasteiger partial charge >= 0.3 is 0 Å². The van der Waals surface area contributed by atoms with Gasteiger partial charge < -0.3 is 0 Å². The Kier molecular flexibility index (Phi) is 2.36. The van der Waals surface area contributed by atoms with Gasteiger partial charge in [0.15, 0.2) is 0 Å². The second kappa shape index (κ2) is 3.83. The fourth-order valence-corrected chi connectivity index (χ4v) is 1.17. The summed E-state index contributed by atoms with van der Waals surface area (Å²) in [4.78, 5) is 8.13. The average Bonchev–Trinajstić information content (AvgIpc) is 2.30. The summed E-state index contributed by atoms with van der Waals surface area (Å²) in [6.45, 7) is 3.96. The van der Waals surface area contributed by atoms with Crippen LogP contribution in [0.15, 0.2) is 49.3 Å². The molecule has 2 nitrogen and oxygen atoms in total. The first-order valence-electron chi connectivity index (χ1n) is 4.31. The van der Waals surface area contributed by atoms with E-state index in [1.807, 2.05) is 30.3 Å². The van der Waals surface area contributed by atoms with E-state index in [-0.39, 0.29) is 0 Å². The van der Waals surface area contributed by atoms with E-state index >= 15 is 0 Å². The quantitative estimate of drug-likeness (QED) is 0.710. The van der Waals surface area contributed by atoms with Gasteiger partial charge in [0.1, 0.15) is 0 Å². The van der Waals surface area contributed by atoms with E-state index in [0.717, 1.165) is 16.8 Å². The molecule has 0 aromatic carbocycles. The lowest BCUT2D eigenvalue weighted by atomic mass is 10.1. The lowest BCUT2D eigenvalue weighted by molar-refractivity contribution is 1.25. The Hall–Kier alpha value is -1.96. The van der Waals surface area contributed by atoms with E-state index in [1.54, 1.807) is 12.4 Å². The van der Waals surface area contributed by atoms with Gasteiger partial charge in [-0.05, 0) is 18.2 Å². The van der Waals surface area contributed by atoms with Gasteiger partial charge in [-0.25, -0.2) is 0 Å². The van der Waals surface area contributed by atoms with Crippen molar-refractivity contribution in [2.24, 2.45) is 0 Å². The summed E-state index contributed by atoms with van der Waals surface area (Å²) >= 11 is 0. The summed E-state index contributed by atoms with van der Waals surface area (Å²) in [6, 6.07) is 9.51. The standard InChI is InChI=1S/C12H9N2/c1-10(11-5-4-7-13-9-11)12-6-2-3-8-14-12/h2-8H,1H2. The van der Waals surface area contributed by atoms with E-state index in [1.165, 1.54) is 0 Å². The molecule has 0 bridgehead atoms. The minimum Gasteiger partial charge on any atom is -0.256 e. The molecule has 14 heavy (non-hydrogen) atoms. The highest BCUT2D eigenvalue weighted by molar-refractivity contribution is 5.74. The summed E-state index contributed by atoms with van der Waals surface area (Å²) in [5.74, 6) is 0. The highest BCUT2D eigenvalue weighted by atomic mass is 14.7. The Morgan fingerprint density at radius 1 is 1.14 bits per heavy atom. The second-order valence-electron chi connectivity index (χ2n) is 2.86. The van der Waals surface area contributed by atoms with Crippen molar-refractivity contribution in [3.05, 3.63) is 66.8 Å². The fraction of sp³-hybridized carbons (Fsp3) is 0. The molecule has 0 spiro atoms. The molecular formula is C12H9N2. The maximum Gasteiger partial charge on any atom is 0.0971 e. The summed E-state index contributed by atoms with van der Waals surface area (Å²) < 4.78 is 0. The Balaban J connectivity index is 2.35. The third-order valence-corrected chi connectivity index (χ3v) is 1.91. The van der Waals surface area contributed by atoms with Crippen molar-refractivity contribution in [3.8, 4) is 0 Å². The number of hydrogen-bond donors (Lipinski definition) is 0. The molecule has 0 aliphatic heterocycles. The van der Waals surface area contributed by atoms with Crippen LogP contribution in [0.2, 0.25) is 0 Å². The summed E-state index contributed by atoms with van der Waals surface area (Å²) in [7, 11) is 0. The molecule has 0 fully saturated rings. The zero-order chi connectivity index (χ0) is 9.80. The van der Waals surface area contributed by atoms with Crippen LogP contribution in [0.1, 0.15) is 11.3 Å². The first kappa shape index (κ1) is 8.63. The summed E-state index contributed by atoms with van der Waals surface area (Å²) in [5.41, 5.74) is 2.58. The van der Waals surface area contributed by atoms with Crippen LogP contribution in [0.25, 0.3) is 5.57 Å². The van der Waals surface area contributed by atoms with Gasteiger partial charge in [0.05, 0.1) is 11.9 Å².